The molecule has 0 atom stereocenters. The monoisotopic (exact) mass is 284 g/mol. The number of hydrogen-bond donors (Lipinski definition) is 0. The van der Waals surface area contributed by atoms with E-state index in [1.54, 1.807) is 13.4 Å². The third-order valence-corrected chi connectivity index (χ3v) is 3.03. The van der Waals surface area contributed by atoms with Crippen molar-refractivity contribution in [2.45, 2.75) is 26.2 Å². The van der Waals surface area contributed by atoms with Gasteiger partial charge in [0.2, 0.25) is 0 Å². The Balaban J connectivity index is 0.00000324. The van der Waals surface area contributed by atoms with E-state index in [4.69, 9.17) is 9.47 Å². The molecule has 0 aliphatic heterocycles. The molecule has 0 unspecified atom stereocenters. The van der Waals surface area contributed by atoms with E-state index in [0.29, 0.717) is 0 Å². The molecule has 0 amide bonds. The molecule has 1 rings (SSSR count). The summed E-state index contributed by atoms with van der Waals surface area (Å²) < 4.78 is 9.84. The lowest BCUT2D eigenvalue weighted by molar-refractivity contribution is -0.146. The van der Waals surface area contributed by atoms with Crippen molar-refractivity contribution in [2.24, 2.45) is 0 Å². The summed E-state index contributed by atoms with van der Waals surface area (Å²) in [4.78, 5) is 11.8. The number of carbonyl (C=O) groups excluding carboxylic acids is 1. The minimum absolute atomic E-state index is 0. The third kappa shape index (κ3) is 4.00. The van der Waals surface area contributed by atoms with Crippen LogP contribution in [0.3, 0.4) is 0 Å². The summed E-state index contributed by atoms with van der Waals surface area (Å²) in [5.41, 5.74) is 2.32. The summed E-state index contributed by atoms with van der Waals surface area (Å²) in [6.45, 7) is 5.67. The van der Waals surface area contributed by atoms with Crippen LogP contribution in [0.2, 0.25) is 0 Å². The number of methoxy groups -OCH3 is 2. The zero-order chi connectivity index (χ0) is 13.8. The van der Waals surface area contributed by atoms with Crippen LogP contribution in [-0.4, -0.2) is 20.2 Å². The fourth-order valence-corrected chi connectivity index (χ4v) is 1.77. The van der Waals surface area contributed by atoms with Crippen LogP contribution in [0.25, 0.3) is 5.57 Å². The summed E-state index contributed by atoms with van der Waals surface area (Å²) in [6.07, 6.45) is 1.68. The number of rotatable bonds is 4. The Kier molecular flexibility index (Phi) is 6.63. The lowest BCUT2D eigenvalue weighted by Gasteiger charge is -2.22. The van der Waals surface area contributed by atoms with Crippen LogP contribution >= 0.6 is 12.4 Å². The van der Waals surface area contributed by atoms with Crippen LogP contribution in [-0.2, 0) is 19.7 Å². The van der Waals surface area contributed by atoms with Crippen molar-refractivity contribution in [1.29, 1.82) is 0 Å². The third-order valence-electron chi connectivity index (χ3n) is 3.03. The van der Waals surface area contributed by atoms with E-state index in [1.807, 2.05) is 45.0 Å². The molecular weight excluding hydrogens is 264 g/mol. The Bertz CT molecular complexity index is 464. The van der Waals surface area contributed by atoms with Crippen molar-refractivity contribution in [3.63, 3.8) is 0 Å². The molecule has 0 saturated carbocycles. The van der Waals surface area contributed by atoms with Crippen molar-refractivity contribution in [3.8, 4) is 0 Å². The van der Waals surface area contributed by atoms with E-state index in [9.17, 15) is 4.79 Å². The van der Waals surface area contributed by atoms with E-state index < -0.39 is 5.41 Å². The largest absolute Gasteiger partial charge is 0.504 e. The second-order valence-electron chi connectivity index (χ2n) is 4.73. The number of allylic oxidation sites excluding steroid dienone is 1. The molecule has 0 heterocycles. The molecule has 0 fully saturated rings. The Morgan fingerprint density at radius 1 is 1.26 bits per heavy atom. The molecule has 0 radical (unpaired) electrons. The fraction of sp³-hybridized carbons (Fsp3) is 0.400. The van der Waals surface area contributed by atoms with Gasteiger partial charge in [-0.05, 0) is 37.5 Å². The molecule has 0 aliphatic carbocycles. The van der Waals surface area contributed by atoms with Gasteiger partial charge in [0.1, 0.15) is 0 Å². The number of benzene rings is 1. The standard InChI is InChI=1S/C15H20O3.ClH/c1-11(10-17-4)12-7-6-8-13(9-12)15(2,3)14(16)18-5;/h6-10H,1-5H3;1H. The fourth-order valence-electron chi connectivity index (χ4n) is 1.77. The zero-order valence-corrected chi connectivity index (χ0v) is 12.8. The van der Waals surface area contributed by atoms with Gasteiger partial charge in [0.25, 0.3) is 0 Å². The van der Waals surface area contributed by atoms with Crippen molar-refractivity contribution in [3.05, 3.63) is 41.7 Å². The molecule has 0 spiro atoms. The second kappa shape index (κ2) is 7.19. The molecule has 3 nitrogen and oxygen atoms in total. The first-order chi connectivity index (χ1) is 8.43. The Morgan fingerprint density at radius 2 is 1.89 bits per heavy atom. The predicted octanol–water partition coefficient (Wildman–Crippen LogP) is 3.57. The lowest BCUT2D eigenvalue weighted by atomic mass is 9.83. The van der Waals surface area contributed by atoms with E-state index in [0.717, 1.165) is 16.7 Å². The zero-order valence-electron chi connectivity index (χ0n) is 12.0. The maximum absolute atomic E-state index is 11.8. The van der Waals surface area contributed by atoms with Crippen molar-refractivity contribution in [1.82, 2.24) is 0 Å². The Labute approximate surface area is 121 Å². The van der Waals surface area contributed by atoms with Gasteiger partial charge in [0.15, 0.2) is 0 Å². The number of hydrogen-bond acceptors (Lipinski definition) is 3. The van der Waals surface area contributed by atoms with Crippen molar-refractivity contribution < 1.29 is 14.3 Å². The summed E-state index contributed by atoms with van der Waals surface area (Å²) in [5.74, 6) is -0.243. The van der Waals surface area contributed by atoms with Crippen molar-refractivity contribution in [2.75, 3.05) is 14.2 Å². The summed E-state index contributed by atoms with van der Waals surface area (Å²) in [6, 6.07) is 7.84. The van der Waals surface area contributed by atoms with Gasteiger partial charge >= 0.3 is 5.97 Å². The SMILES string of the molecule is COC=C(C)c1cccc(C(C)(C)C(=O)OC)c1.Cl. The lowest BCUT2D eigenvalue weighted by Crippen LogP contribution is -2.30. The maximum Gasteiger partial charge on any atom is 0.315 e. The molecule has 106 valence electrons. The summed E-state index contributed by atoms with van der Waals surface area (Å²) in [5, 5.41) is 0. The highest BCUT2D eigenvalue weighted by Crippen LogP contribution is 2.27. The van der Waals surface area contributed by atoms with Gasteiger partial charge in [0.05, 0.1) is 25.9 Å². The maximum atomic E-state index is 11.8. The normalized spacial score (nSPS) is 11.5. The van der Waals surface area contributed by atoms with Gasteiger partial charge in [-0.2, -0.15) is 0 Å². The average Bonchev–Trinajstić information content (AvgIpc) is 2.38. The molecule has 1 aromatic carbocycles. The summed E-state index contributed by atoms with van der Waals surface area (Å²) in [7, 11) is 3.02. The molecule has 4 heteroatoms. The van der Waals surface area contributed by atoms with Crippen LogP contribution in [0.5, 0.6) is 0 Å². The molecular formula is C15H21ClO3. The summed E-state index contributed by atoms with van der Waals surface area (Å²) >= 11 is 0. The van der Waals surface area contributed by atoms with Gasteiger partial charge in [0, 0.05) is 0 Å². The quantitative estimate of drug-likeness (QED) is 0.626. The number of halogens is 1. The first kappa shape index (κ1) is 17.5. The second-order valence-corrected chi connectivity index (χ2v) is 4.73. The van der Waals surface area contributed by atoms with Gasteiger partial charge in [-0.15, -0.1) is 12.4 Å². The molecule has 0 aliphatic rings. The van der Waals surface area contributed by atoms with Gasteiger partial charge in [-0.25, -0.2) is 0 Å². The van der Waals surface area contributed by atoms with Crippen molar-refractivity contribution >= 4 is 23.9 Å². The van der Waals surface area contributed by atoms with Crippen LogP contribution < -0.4 is 0 Å². The topological polar surface area (TPSA) is 35.5 Å². The molecule has 0 N–H and O–H groups in total. The number of esters is 1. The number of ether oxygens (including phenoxy) is 2. The highest BCUT2D eigenvalue weighted by Gasteiger charge is 2.30. The molecule has 0 aromatic heterocycles. The first-order valence-electron chi connectivity index (χ1n) is 5.82. The van der Waals surface area contributed by atoms with E-state index in [1.165, 1.54) is 7.11 Å². The average molecular weight is 285 g/mol. The number of carbonyl (C=O) groups is 1. The van der Waals surface area contributed by atoms with E-state index in [-0.39, 0.29) is 18.4 Å². The minimum Gasteiger partial charge on any atom is -0.504 e. The smallest absolute Gasteiger partial charge is 0.315 e. The van der Waals surface area contributed by atoms with Crippen LogP contribution in [0.1, 0.15) is 31.9 Å². The van der Waals surface area contributed by atoms with Gasteiger partial charge in [-0.3, -0.25) is 4.79 Å². The van der Waals surface area contributed by atoms with Crippen LogP contribution in [0.15, 0.2) is 30.5 Å². The Hall–Kier alpha value is -1.48. The molecule has 0 bridgehead atoms. The first-order valence-corrected chi connectivity index (χ1v) is 5.82. The highest BCUT2D eigenvalue weighted by atomic mass is 35.5. The molecule has 0 saturated heterocycles. The highest BCUT2D eigenvalue weighted by molar-refractivity contribution is 5.85. The van der Waals surface area contributed by atoms with Crippen LogP contribution in [0, 0.1) is 0 Å². The van der Waals surface area contributed by atoms with Gasteiger partial charge in [-0.1, -0.05) is 24.3 Å². The molecule has 1 aromatic rings. The predicted molar refractivity (Wildman–Crippen MR) is 79.4 cm³/mol. The van der Waals surface area contributed by atoms with Crippen LogP contribution in [0.4, 0.5) is 0 Å². The minimum atomic E-state index is -0.655. The Morgan fingerprint density at radius 3 is 2.42 bits per heavy atom. The van der Waals surface area contributed by atoms with E-state index in [2.05, 4.69) is 0 Å². The van der Waals surface area contributed by atoms with Gasteiger partial charge < -0.3 is 9.47 Å². The molecule has 19 heavy (non-hydrogen) atoms. The van der Waals surface area contributed by atoms with E-state index >= 15 is 0 Å².